The zero-order valence-corrected chi connectivity index (χ0v) is 13.0. The Bertz CT molecular complexity index is 770. The second-order valence-electron chi connectivity index (χ2n) is 5.93. The smallest absolute Gasteiger partial charge is 0.231 e. The molecule has 23 heavy (non-hydrogen) atoms. The lowest BCUT2D eigenvalue weighted by molar-refractivity contribution is 0.174. The van der Waals surface area contributed by atoms with E-state index in [-0.39, 0.29) is 5.41 Å². The third-order valence-corrected chi connectivity index (χ3v) is 4.65. The summed E-state index contributed by atoms with van der Waals surface area (Å²) in [6.45, 7) is 2.56. The molecule has 4 rings (SSSR count). The van der Waals surface area contributed by atoms with Crippen LogP contribution in [0, 0.1) is 0 Å². The van der Waals surface area contributed by atoms with Crippen LogP contribution < -0.4 is 9.47 Å². The Labute approximate surface area is 136 Å². The van der Waals surface area contributed by atoms with Crippen LogP contribution in [0.4, 0.5) is 0 Å². The Morgan fingerprint density at radius 3 is 1.83 bits per heavy atom. The molecule has 0 bridgehead atoms. The van der Waals surface area contributed by atoms with Crippen LogP contribution in [0.15, 0.2) is 78.9 Å². The van der Waals surface area contributed by atoms with E-state index in [1.165, 1.54) is 16.7 Å². The number of hydrogen-bond donors (Lipinski definition) is 0. The molecule has 0 saturated heterocycles. The number of hydrogen-bond acceptors (Lipinski definition) is 2. The summed E-state index contributed by atoms with van der Waals surface area (Å²) in [7, 11) is 0. The van der Waals surface area contributed by atoms with Crippen molar-refractivity contribution in [1.29, 1.82) is 0 Å². The third kappa shape index (κ3) is 2.27. The maximum absolute atomic E-state index is 5.58. The molecule has 114 valence electrons. The van der Waals surface area contributed by atoms with E-state index < -0.39 is 0 Å². The minimum Gasteiger partial charge on any atom is -0.454 e. The molecule has 0 atom stereocenters. The fourth-order valence-corrected chi connectivity index (χ4v) is 3.25. The van der Waals surface area contributed by atoms with Gasteiger partial charge in [0.25, 0.3) is 0 Å². The number of rotatable bonds is 3. The van der Waals surface area contributed by atoms with Crippen molar-refractivity contribution in [1.82, 2.24) is 0 Å². The standard InChI is InChI=1S/C21H18O2/c1-21(16-8-4-2-5-9-16,17-10-6-3-7-11-17)18-12-13-19-20(14-18)23-15-22-19/h2-14H,15H2,1H3. The van der Waals surface area contributed by atoms with Gasteiger partial charge in [0.15, 0.2) is 11.5 Å². The fourth-order valence-electron chi connectivity index (χ4n) is 3.25. The maximum Gasteiger partial charge on any atom is 0.231 e. The molecule has 1 aliphatic rings. The molecule has 2 heteroatoms. The molecule has 2 nitrogen and oxygen atoms in total. The first-order valence-corrected chi connectivity index (χ1v) is 7.79. The van der Waals surface area contributed by atoms with Crippen molar-refractivity contribution >= 4 is 0 Å². The minimum atomic E-state index is -0.247. The molecule has 0 unspecified atom stereocenters. The van der Waals surface area contributed by atoms with Crippen molar-refractivity contribution in [2.45, 2.75) is 12.3 Å². The van der Waals surface area contributed by atoms with Gasteiger partial charge < -0.3 is 9.47 Å². The average molecular weight is 302 g/mol. The molecule has 1 heterocycles. The van der Waals surface area contributed by atoms with Gasteiger partial charge in [-0.25, -0.2) is 0 Å². The molecule has 0 spiro atoms. The molecule has 0 N–H and O–H groups in total. The molecule has 1 aliphatic heterocycles. The largest absolute Gasteiger partial charge is 0.454 e. The lowest BCUT2D eigenvalue weighted by Crippen LogP contribution is -2.25. The van der Waals surface area contributed by atoms with Gasteiger partial charge in [0.1, 0.15) is 0 Å². The van der Waals surface area contributed by atoms with E-state index in [2.05, 4.69) is 79.7 Å². The SMILES string of the molecule is CC(c1ccccc1)(c1ccccc1)c1ccc2c(c1)OCO2. The van der Waals surface area contributed by atoms with Crippen LogP contribution >= 0.6 is 0 Å². The number of fused-ring (bicyclic) bond motifs is 1. The maximum atomic E-state index is 5.58. The van der Waals surface area contributed by atoms with Crippen molar-refractivity contribution in [3.63, 3.8) is 0 Å². The molecule has 0 aromatic heterocycles. The summed E-state index contributed by atoms with van der Waals surface area (Å²) in [4.78, 5) is 0. The van der Waals surface area contributed by atoms with Crippen LogP contribution in [0.5, 0.6) is 11.5 Å². The molecule has 0 saturated carbocycles. The Morgan fingerprint density at radius 2 is 1.22 bits per heavy atom. The van der Waals surface area contributed by atoms with E-state index in [0.717, 1.165) is 11.5 Å². The molecule has 0 amide bonds. The zero-order chi connectivity index (χ0) is 15.7. The first kappa shape index (κ1) is 13.9. The normalized spacial score (nSPS) is 13.1. The van der Waals surface area contributed by atoms with Crippen molar-refractivity contribution in [2.75, 3.05) is 6.79 Å². The molecule has 0 aliphatic carbocycles. The molecular weight excluding hydrogens is 284 g/mol. The molecule has 3 aromatic carbocycles. The van der Waals surface area contributed by atoms with Crippen molar-refractivity contribution in [3.05, 3.63) is 95.6 Å². The van der Waals surface area contributed by atoms with Gasteiger partial charge >= 0.3 is 0 Å². The van der Waals surface area contributed by atoms with E-state index in [1.807, 2.05) is 6.07 Å². The third-order valence-electron chi connectivity index (χ3n) is 4.65. The van der Waals surface area contributed by atoms with Gasteiger partial charge in [-0.15, -0.1) is 0 Å². The predicted molar refractivity (Wildman–Crippen MR) is 91.0 cm³/mol. The molecule has 3 aromatic rings. The number of benzene rings is 3. The summed E-state index contributed by atoms with van der Waals surface area (Å²) in [5.41, 5.74) is 3.46. The van der Waals surface area contributed by atoms with Crippen molar-refractivity contribution in [2.24, 2.45) is 0 Å². The fraction of sp³-hybridized carbons (Fsp3) is 0.143. The topological polar surface area (TPSA) is 18.5 Å². The van der Waals surface area contributed by atoms with Crippen LogP contribution in [0.1, 0.15) is 23.6 Å². The lowest BCUT2D eigenvalue weighted by atomic mass is 9.71. The summed E-state index contributed by atoms with van der Waals surface area (Å²) < 4.78 is 11.0. The number of ether oxygens (including phenoxy) is 2. The van der Waals surface area contributed by atoms with Crippen LogP contribution in [0.3, 0.4) is 0 Å². The van der Waals surface area contributed by atoms with Gasteiger partial charge in [0.05, 0.1) is 0 Å². The second-order valence-corrected chi connectivity index (χ2v) is 5.93. The molecular formula is C21H18O2. The van der Waals surface area contributed by atoms with E-state index in [1.54, 1.807) is 0 Å². The zero-order valence-electron chi connectivity index (χ0n) is 13.0. The Morgan fingerprint density at radius 1 is 0.652 bits per heavy atom. The van der Waals surface area contributed by atoms with Gasteiger partial charge in [-0.2, -0.15) is 0 Å². The molecule has 0 fully saturated rings. The first-order valence-electron chi connectivity index (χ1n) is 7.79. The van der Waals surface area contributed by atoms with Gasteiger partial charge in [-0.05, 0) is 35.7 Å². The average Bonchev–Trinajstić information content (AvgIpc) is 3.10. The quantitative estimate of drug-likeness (QED) is 0.649. The molecule has 0 radical (unpaired) electrons. The summed E-state index contributed by atoms with van der Waals surface area (Å²) in [6.07, 6.45) is 0. The Balaban J connectivity index is 1.93. The van der Waals surface area contributed by atoms with E-state index in [0.29, 0.717) is 6.79 Å². The highest BCUT2D eigenvalue weighted by atomic mass is 16.7. The van der Waals surface area contributed by atoms with Crippen LogP contribution in [0.2, 0.25) is 0 Å². The summed E-state index contributed by atoms with van der Waals surface area (Å²) in [6, 6.07) is 27.4. The van der Waals surface area contributed by atoms with Gasteiger partial charge in [0.2, 0.25) is 6.79 Å². The highest BCUT2D eigenvalue weighted by molar-refractivity contribution is 5.54. The van der Waals surface area contributed by atoms with E-state index >= 15 is 0 Å². The highest BCUT2D eigenvalue weighted by Gasteiger charge is 2.32. The van der Waals surface area contributed by atoms with Crippen LogP contribution in [-0.2, 0) is 5.41 Å². The monoisotopic (exact) mass is 302 g/mol. The summed E-state index contributed by atoms with van der Waals surface area (Å²) in [5, 5.41) is 0. The van der Waals surface area contributed by atoms with Gasteiger partial charge in [-0.3, -0.25) is 0 Å². The summed E-state index contributed by atoms with van der Waals surface area (Å²) >= 11 is 0. The lowest BCUT2D eigenvalue weighted by Gasteiger charge is -2.32. The van der Waals surface area contributed by atoms with Gasteiger partial charge in [-0.1, -0.05) is 66.7 Å². The van der Waals surface area contributed by atoms with Gasteiger partial charge in [0, 0.05) is 5.41 Å². The first-order chi connectivity index (χ1) is 11.3. The van der Waals surface area contributed by atoms with Crippen LogP contribution in [-0.4, -0.2) is 6.79 Å². The summed E-state index contributed by atoms with van der Waals surface area (Å²) in [5.74, 6) is 1.64. The minimum absolute atomic E-state index is 0.247. The van der Waals surface area contributed by atoms with E-state index in [4.69, 9.17) is 9.47 Å². The Kier molecular flexibility index (Phi) is 3.30. The van der Waals surface area contributed by atoms with E-state index in [9.17, 15) is 0 Å². The van der Waals surface area contributed by atoms with Crippen molar-refractivity contribution in [3.8, 4) is 11.5 Å². The Hall–Kier alpha value is -2.74. The predicted octanol–water partition coefficient (Wildman–Crippen LogP) is 4.77. The van der Waals surface area contributed by atoms with Crippen LogP contribution in [0.25, 0.3) is 0 Å². The van der Waals surface area contributed by atoms with Crippen molar-refractivity contribution < 1.29 is 9.47 Å². The highest BCUT2D eigenvalue weighted by Crippen LogP contribution is 2.42. The second kappa shape index (κ2) is 5.47.